The topological polar surface area (TPSA) is 38.0 Å². The Morgan fingerprint density at radius 1 is 1.38 bits per heavy atom. The van der Waals surface area contributed by atoms with Crippen molar-refractivity contribution in [2.75, 3.05) is 11.1 Å². The molecule has 13 heavy (non-hydrogen) atoms. The molecule has 1 fully saturated rings. The van der Waals surface area contributed by atoms with Gasteiger partial charge in [-0.25, -0.2) is 0 Å². The number of nitrogens with one attached hydrogen (secondary N) is 1. The number of benzene rings is 1. The zero-order valence-electron chi connectivity index (χ0n) is 8.22. The summed E-state index contributed by atoms with van der Waals surface area (Å²) >= 11 is 0. The molecule has 0 amide bonds. The fourth-order valence-corrected chi connectivity index (χ4v) is 1.46. The minimum Gasteiger partial charge on any atom is -0.399 e. The van der Waals surface area contributed by atoms with Crippen LogP contribution in [-0.2, 0) is 0 Å². The Morgan fingerprint density at radius 3 is 2.62 bits per heavy atom. The summed E-state index contributed by atoms with van der Waals surface area (Å²) in [5.74, 6) is 0. The van der Waals surface area contributed by atoms with Gasteiger partial charge in [-0.05, 0) is 50.5 Å². The third-order valence-corrected chi connectivity index (χ3v) is 2.69. The number of hydrogen-bond acceptors (Lipinski definition) is 2. The van der Waals surface area contributed by atoms with Crippen LogP contribution in [0.5, 0.6) is 0 Å². The molecule has 0 saturated heterocycles. The normalized spacial score (nSPS) is 18.3. The lowest BCUT2D eigenvalue weighted by atomic mass is 10.1. The highest BCUT2D eigenvalue weighted by molar-refractivity contribution is 5.59. The van der Waals surface area contributed by atoms with Crippen LogP contribution in [0, 0.1) is 6.92 Å². The fraction of sp³-hybridized carbons (Fsp3) is 0.455. The van der Waals surface area contributed by atoms with Crippen molar-refractivity contribution in [3.05, 3.63) is 23.8 Å². The molecule has 0 heterocycles. The standard InChI is InChI=1S/C11H16N2/c1-8-7-9(12)3-4-10(8)13-11(2)5-6-11/h3-4,7,13H,5-6,12H2,1-2H3. The fourth-order valence-electron chi connectivity index (χ4n) is 1.46. The van der Waals surface area contributed by atoms with Crippen LogP contribution in [-0.4, -0.2) is 5.54 Å². The molecule has 0 bridgehead atoms. The molecule has 2 rings (SSSR count). The lowest BCUT2D eigenvalue weighted by Gasteiger charge is -2.15. The summed E-state index contributed by atoms with van der Waals surface area (Å²) in [5.41, 5.74) is 9.31. The Morgan fingerprint density at radius 2 is 2.08 bits per heavy atom. The van der Waals surface area contributed by atoms with Crippen molar-refractivity contribution in [3.8, 4) is 0 Å². The number of rotatable bonds is 2. The number of aryl methyl sites for hydroxylation is 1. The van der Waals surface area contributed by atoms with Gasteiger partial charge in [0.05, 0.1) is 0 Å². The summed E-state index contributed by atoms with van der Waals surface area (Å²) in [7, 11) is 0. The SMILES string of the molecule is Cc1cc(N)ccc1NC1(C)CC1. The molecule has 0 aromatic heterocycles. The third kappa shape index (κ3) is 1.77. The molecule has 0 atom stereocenters. The van der Waals surface area contributed by atoms with E-state index in [1.165, 1.54) is 24.1 Å². The van der Waals surface area contributed by atoms with Crippen LogP contribution < -0.4 is 11.1 Å². The van der Waals surface area contributed by atoms with Gasteiger partial charge in [-0.1, -0.05) is 0 Å². The van der Waals surface area contributed by atoms with E-state index in [0.717, 1.165) is 5.69 Å². The molecule has 0 aliphatic heterocycles. The van der Waals surface area contributed by atoms with E-state index >= 15 is 0 Å². The summed E-state index contributed by atoms with van der Waals surface area (Å²) in [6.45, 7) is 4.34. The molecule has 2 nitrogen and oxygen atoms in total. The van der Waals surface area contributed by atoms with E-state index in [9.17, 15) is 0 Å². The van der Waals surface area contributed by atoms with Crippen molar-refractivity contribution < 1.29 is 0 Å². The second-order valence-corrected chi connectivity index (χ2v) is 4.26. The Balaban J connectivity index is 2.20. The molecule has 1 saturated carbocycles. The van der Waals surface area contributed by atoms with Gasteiger partial charge in [-0.3, -0.25) is 0 Å². The van der Waals surface area contributed by atoms with Crippen LogP contribution in [0.3, 0.4) is 0 Å². The predicted octanol–water partition coefficient (Wildman–Crippen LogP) is 2.54. The van der Waals surface area contributed by atoms with Crippen molar-refractivity contribution >= 4 is 11.4 Å². The van der Waals surface area contributed by atoms with Gasteiger partial charge in [-0.2, -0.15) is 0 Å². The molecular formula is C11H16N2. The van der Waals surface area contributed by atoms with Crippen molar-refractivity contribution in [1.29, 1.82) is 0 Å². The van der Waals surface area contributed by atoms with E-state index in [1.54, 1.807) is 0 Å². The smallest absolute Gasteiger partial charge is 0.0375 e. The number of hydrogen-bond donors (Lipinski definition) is 2. The first kappa shape index (κ1) is 8.42. The van der Waals surface area contributed by atoms with Crippen molar-refractivity contribution in [2.45, 2.75) is 32.2 Å². The lowest BCUT2D eigenvalue weighted by Crippen LogP contribution is -2.16. The van der Waals surface area contributed by atoms with Gasteiger partial charge in [0.1, 0.15) is 0 Å². The van der Waals surface area contributed by atoms with Gasteiger partial charge in [0.2, 0.25) is 0 Å². The Bertz CT molecular complexity index is 327. The van der Waals surface area contributed by atoms with Crippen LogP contribution in [0.2, 0.25) is 0 Å². The molecule has 1 aromatic rings. The van der Waals surface area contributed by atoms with Gasteiger partial charge in [-0.15, -0.1) is 0 Å². The highest BCUT2D eigenvalue weighted by atomic mass is 15.0. The van der Waals surface area contributed by atoms with E-state index in [4.69, 9.17) is 5.73 Å². The number of nitrogen functional groups attached to an aromatic ring is 1. The molecule has 70 valence electrons. The van der Waals surface area contributed by atoms with E-state index in [-0.39, 0.29) is 0 Å². The zero-order valence-corrected chi connectivity index (χ0v) is 8.22. The first-order valence-corrected chi connectivity index (χ1v) is 4.73. The van der Waals surface area contributed by atoms with Gasteiger partial charge in [0.15, 0.2) is 0 Å². The Kier molecular flexibility index (Phi) is 1.72. The molecule has 2 heteroatoms. The number of anilines is 2. The molecule has 1 aliphatic rings. The van der Waals surface area contributed by atoms with E-state index in [0.29, 0.717) is 5.54 Å². The predicted molar refractivity (Wildman–Crippen MR) is 56.9 cm³/mol. The monoisotopic (exact) mass is 176 g/mol. The second-order valence-electron chi connectivity index (χ2n) is 4.26. The summed E-state index contributed by atoms with van der Waals surface area (Å²) in [4.78, 5) is 0. The van der Waals surface area contributed by atoms with Gasteiger partial charge in [0.25, 0.3) is 0 Å². The third-order valence-electron chi connectivity index (χ3n) is 2.69. The lowest BCUT2D eigenvalue weighted by molar-refractivity contribution is 0.828. The van der Waals surface area contributed by atoms with E-state index in [1.807, 2.05) is 12.1 Å². The number of nitrogens with two attached hydrogens (primary N) is 1. The maximum absolute atomic E-state index is 5.68. The zero-order chi connectivity index (χ0) is 9.47. The minimum absolute atomic E-state index is 0.348. The Hall–Kier alpha value is -1.18. The Labute approximate surface area is 79.1 Å². The van der Waals surface area contributed by atoms with Crippen molar-refractivity contribution in [1.82, 2.24) is 0 Å². The molecule has 1 aliphatic carbocycles. The summed E-state index contributed by atoms with van der Waals surface area (Å²) < 4.78 is 0. The average molecular weight is 176 g/mol. The second kappa shape index (κ2) is 2.66. The molecule has 1 aromatic carbocycles. The first-order chi connectivity index (χ1) is 6.09. The maximum Gasteiger partial charge on any atom is 0.0375 e. The molecule has 3 N–H and O–H groups in total. The first-order valence-electron chi connectivity index (χ1n) is 4.73. The van der Waals surface area contributed by atoms with Crippen molar-refractivity contribution in [3.63, 3.8) is 0 Å². The molecule has 0 spiro atoms. The quantitative estimate of drug-likeness (QED) is 0.679. The minimum atomic E-state index is 0.348. The highest BCUT2D eigenvalue weighted by Crippen LogP contribution is 2.38. The molecular weight excluding hydrogens is 160 g/mol. The van der Waals surface area contributed by atoms with Crippen LogP contribution in [0.1, 0.15) is 25.3 Å². The largest absolute Gasteiger partial charge is 0.399 e. The van der Waals surface area contributed by atoms with Crippen LogP contribution in [0.25, 0.3) is 0 Å². The van der Waals surface area contributed by atoms with E-state index in [2.05, 4.69) is 25.2 Å². The molecule has 0 radical (unpaired) electrons. The summed E-state index contributed by atoms with van der Waals surface area (Å²) in [5, 5.41) is 3.53. The summed E-state index contributed by atoms with van der Waals surface area (Å²) in [6.07, 6.45) is 2.55. The summed E-state index contributed by atoms with van der Waals surface area (Å²) in [6, 6.07) is 6.02. The molecule has 0 unspecified atom stereocenters. The van der Waals surface area contributed by atoms with Gasteiger partial charge in [0, 0.05) is 16.9 Å². The van der Waals surface area contributed by atoms with Crippen LogP contribution in [0.4, 0.5) is 11.4 Å². The average Bonchev–Trinajstić information content (AvgIpc) is 2.75. The van der Waals surface area contributed by atoms with Crippen molar-refractivity contribution in [2.24, 2.45) is 0 Å². The van der Waals surface area contributed by atoms with Crippen LogP contribution >= 0.6 is 0 Å². The maximum atomic E-state index is 5.68. The van der Waals surface area contributed by atoms with E-state index < -0.39 is 0 Å². The van der Waals surface area contributed by atoms with Crippen LogP contribution in [0.15, 0.2) is 18.2 Å². The highest BCUT2D eigenvalue weighted by Gasteiger charge is 2.37. The van der Waals surface area contributed by atoms with Gasteiger partial charge < -0.3 is 11.1 Å². The van der Waals surface area contributed by atoms with Gasteiger partial charge >= 0.3 is 0 Å².